The lowest BCUT2D eigenvalue weighted by molar-refractivity contribution is -0.127. The fourth-order valence-electron chi connectivity index (χ4n) is 1.73. The van der Waals surface area contributed by atoms with Gasteiger partial charge in [0.15, 0.2) is 6.10 Å². The molecule has 0 radical (unpaired) electrons. The van der Waals surface area contributed by atoms with E-state index in [9.17, 15) is 4.79 Å². The first-order valence-electron chi connectivity index (χ1n) is 6.61. The molecule has 1 unspecified atom stereocenters. The van der Waals surface area contributed by atoms with Gasteiger partial charge in [0.2, 0.25) is 0 Å². The molecule has 1 amide bonds. The van der Waals surface area contributed by atoms with Crippen LogP contribution in [0.2, 0.25) is 0 Å². The Morgan fingerprint density at radius 1 is 1.35 bits per heavy atom. The zero-order valence-electron chi connectivity index (χ0n) is 12.6. The quantitative estimate of drug-likeness (QED) is 0.494. The molecule has 5 nitrogen and oxygen atoms in total. The topological polar surface area (TPSA) is 70.9 Å². The standard InChI is InChI=1S/C15H22N2O3/c1-9(2)16-15(18)12(5)20-14-8-10(3)6-7-13(14)11(4)17-19/h6-9,12,19H,1-5H3,(H,16,18). The molecular weight excluding hydrogens is 256 g/mol. The molecule has 1 aromatic carbocycles. The summed E-state index contributed by atoms with van der Waals surface area (Å²) in [6.07, 6.45) is -0.621. The van der Waals surface area contributed by atoms with Crippen LogP contribution in [0.5, 0.6) is 5.75 Å². The van der Waals surface area contributed by atoms with E-state index in [2.05, 4.69) is 10.5 Å². The van der Waals surface area contributed by atoms with E-state index in [1.807, 2.05) is 39.0 Å². The van der Waals surface area contributed by atoms with Crippen LogP contribution in [0.3, 0.4) is 0 Å². The first-order valence-corrected chi connectivity index (χ1v) is 6.61. The second-order valence-electron chi connectivity index (χ2n) is 5.11. The first kappa shape index (κ1) is 16.0. The van der Waals surface area contributed by atoms with Gasteiger partial charge in [-0.3, -0.25) is 4.79 Å². The third-order valence-corrected chi connectivity index (χ3v) is 2.78. The largest absolute Gasteiger partial charge is 0.480 e. The molecule has 0 aliphatic heterocycles. The summed E-state index contributed by atoms with van der Waals surface area (Å²) in [4.78, 5) is 11.9. The van der Waals surface area contributed by atoms with Crippen molar-refractivity contribution in [1.82, 2.24) is 5.32 Å². The van der Waals surface area contributed by atoms with Crippen molar-refractivity contribution in [2.24, 2.45) is 5.16 Å². The number of aryl methyl sites for hydroxylation is 1. The van der Waals surface area contributed by atoms with Gasteiger partial charge in [0.1, 0.15) is 5.75 Å². The van der Waals surface area contributed by atoms with Crippen molar-refractivity contribution in [1.29, 1.82) is 0 Å². The molecule has 0 saturated carbocycles. The summed E-state index contributed by atoms with van der Waals surface area (Å²) in [5.41, 5.74) is 2.12. The van der Waals surface area contributed by atoms with E-state index in [4.69, 9.17) is 9.94 Å². The number of hydrogen-bond acceptors (Lipinski definition) is 4. The Bertz CT molecular complexity index is 510. The average molecular weight is 278 g/mol. The van der Waals surface area contributed by atoms with E-state index in [0.29, 0.717) is 17.0 Å². The predicted molar refractivity (Wildman–Crippen MR) is 78.5 cm³/mol. The van der Waals surface area contributed by atoms with Crippen molar-refractivity contribution >= 4 is 11.6 Å². The number of ether oxygens (including phenoxy) is 1. The second kappa shape index (κ2) is 6.93. The van der Waals surface area contributed by atoms with E-state index in [0.717, 1.165) is 5.56 Å². The molecule has 1 atom stereocenters. The Hall–Kier alpha value is -2.04. The number of amides is 1. The van der Waals surface area contributed by atoms with Crippen LogP contribution in [-0.2, 0) is 4.79 Å². The number of nitrogens with one attached hydrogen (secondary N) is 1. The number of hydrogen-bond donors (Lipinski definition) is 2. The van der Waals surface area contributed by atoms with Gasteiger partial charge in [-0.05, 0) is 52.3 Å². The van der Waals surface area contributed by atoms with Crippen molar-refractivity contribution in [2.75, 3.05) is 0 Å². The number of benzene rings is 1. The van der Waals surface area contributed by atoms with Crippen LogP contribution in [0.4, 0.5) is 0 Å². The minimum absolute atomic E-state index is 0.0614. The molecule has 5 heteroatoms. The van der Waals surface area contributed by atoms with Crippen molar-refractivity contribution in [3.05, 3.63) is 29.3 Å². The zero-order valence-corrected chi connectivity index (χ0v) is 12.6. The fourth-order valence-corrected chi connectivity index (χ4v) is 1.73. The van der Waals surface area contributed by atoms with Gasteiger partial charge in [-0.25, -0.2) is 0 Å². The molecule has 1 rings (SSSR count). The van der Waals surface area contributed by atoms with Gasteiger partial charge in [0.05, 0.1) is 5.71 Å². The Labute approximate surface area is 119 Å². The minimum atomic E-state index is -0.621. The van der Waals surface area contributed by atoms with E-state index in [1.165, 1.54) is 0 Å². The number of nitrogens with zero attached hydrogens (tertiary/aromatic N) is 1. The van der Waals surface area contributed by atoms with Crippen LogP contribution in [-0.4, -0.2) is 29.0 Å². The molecular formula is C15H22N2O3. The molecule has 0 saturated heterocycles. The SMILES string of the molecule is CC(=NO)c1ccc(C)cc1OC(C)C(=O)NC(C)C. The third kappa shape index (κ3) is 4.26. The van der Waals surface area contributed by atoms with Crippen LogP contribution in [0.15, 0.2) is 23.4 Å². The second-order valence-corrected chi connectivity index (χ2v) is 5.11. The molecule has 0 aliphatic rings. The highest BCUT2D eigenvalue weighted by Crippen LogP contribution is 2.22. The molecule has 0 spiro atoms. The summed E-state index contributed by atoms with van der Waals surface area (Å²) < 4.78 is 5.71. The average Bonchev–Trinajstić information content (AvgIpc) is 2.37. The summed E-state index contributed by atoms with van der Waals surface area (Å²) in [6, 6.07) is 5.59. The lowest BCUT2D eigenvalue weighted by Gasteiger charge is -2.18. The number of carbonyl (C=O) groups excluding carboxylic acids is 1. The molecule has 0 fully saturated rings. The Morgan fingerprint density at radius 3 is 2.55 bits per heavy atom. The first-order chi connectivity index (χ1) is 9.35. The highest BCUT2D eigenvalue weighted by molar-refractivity contribution is 6.00. The van der Waals surface area contributed by atoms with Crippen LogP contribution in [0, 0.1) is 6.92 Å². The number of oxime groups is 1. The van der Waals surface area contributed by atoms with Gasteiger partial charge in [0, 0.05) is 11.6 Å². The maximum atomic E-state index is 11.9. The molecule has 110 valence electrons. The summed E-state index contributed by atoms with van der Waals surface area (Å²) in [5.74, 6) is 0.359. The molecule has 0 heterocycles. The highest BCUT2D eigenvalue weighted by atomic mass is 16.5. The maximum absolute atomic E-state index is 11.9. The lowest BCUT2D eigenvalue weighted by Crippen LogP contribution is -2.40. The molecule has 2 N–H and O–H groups in total. The van der Waals surface area contributed by atoms with Crippen LogP contribution in [0.1, 0.15) is 38.8 Å². The molecule has 20 heavy (non-hydrogen) atoms. The van der Waals surface area contributed by atoms with Gasteiger partial charge < -0.3 is 15.3 Å². The van der Waals surface area contributed by atoms with E-state index in [-0.39, 0.29) is 11.9 Å². The third-order valence-electron chi connectivity index (χ3n) is 2.78. The molecule has 0 bridgehead atoms. The Morgan fingerprint density at radius 2 is 2.00 bits per heavy atom. The van der Waals surface area contributed by atoms with E-state index >= 15 is 0 Å². The normalized spacial score (nSPS) is 13.2. The Balaban J connectivity index is 2.96. The molecule has 0 aliphatic carbocycles. The molecule has 0 aromatic heterocycles. The minimum Gasteiger partial charge on any atom is -0.480 e. The van der Waals surface area contributed by atoms with Crippen molar-refractivity contribution in [3.63, 3.8) is 0 Å². The van der Waals surface area contributed by atoms with Crippen LogP contribution >= 0.6 is 0 Å². The van der Waals surface area contributed by atoms with Gasteiger partial charge >= 0.3 is 0 Å². The summed E-state index contributed by atoms with van der Waals surface area (Å²) in [5, 5.41) is 14.9. The predicted octanol–water partition coefficient (Wildman–Crippen LogP) is 2.49. The lowest BCUT2D eigenvalue weighted by atomic mass is 10.1. The monoisotopic (exact) mass is 278 g/mol. The van der Waals surface area contributed by atoms with Crippen molar-refractivity contribution < 1.29 is 14.7 Å². The van der Waals surface area contributed by atoms with Gasteiger partial charge in [-0.2, -0.15) is 0 Å². The summed E-state index contributed by atoms with van der Waals surface area (Å²) in [7, 11) is 0. The van der Waals surface area contributed by atoms with E-state index in [1.54, 1.807) is 13.8 Å². The van der Waals surface area contributed by atoms with E-state index < -0.39 is 6.10 Å². The summed E-state index contributed by atoms with van der Waals surface area (Å²) >= 11 is 0. The zero-order chi connectivity index (χ0) is 15.3. The van der Waals surface area contributed by atoms with Gasteiger partial charge in [0.25, 0.3) is 5.91 Å². The number of rotatable bonds is 5. The van der Waals surface area contributed by atoms with Crippen molar-refractivity contribution in [3.8, 4) is 5.75 Å². The number of carbonyl (C=O) groups is 1. The summed E-state index contributed by atoms with van der Waals surface area (Å²) in [6.45, 7) is 9.09. The van der Waals surface area contributed by atoms with Crippen molar-refractivity contribution in [2.45, 2.75) is 46.8 Å². The molecule has 1 aromatic rings. The van der Waals surface area contributed by atoms with Gasteiger partial charge in [-0.1, -0.05) is 11.2 Å². The fraction of sp³-hybridized carbons (Fsp3) is 0.467. The Kier molecular flexibility index (Phi) is 5.55. The van der Waals surface area contributed by atoms with Crippen LogP contribution < -0.4 is 10.1 Å². The maximum Gasteiger partial charge on any atom is 0.260 e. The smallest absolute Gasteiger partial charge is 0.260 e. The highest BCUT2D eigenvalue weighted by Gasteiger charge is 2.18. The van der Waals surface area contributed by atoms with Crippen LogP contribution in [0.25, 0.3) is 0 Å². The van der Waals surface area contributed by atoms with Gasteiger partial charge in [-0.15, -0.1) is 0 Å².